The molecule has 2 aromatic carbocycles. The van der Waals surface area contributed by atoms with Crippen LogP contribution in [-0.4, -0.2) is 18.0 Å². The van der Waals surface area contributed by atoms with E-state index in [0.717, 1.165) is 9.13 Å². The molecule has 0 radical (unpaired) electrons. The van der Waals surface area contributed by atoms with Crippen LogP contribution >= 0.6 is 22.6 Å². The Morgan fingerprint density at radius 2 is 2.10 bits per heavy atom. The Bertz CT molecular complexity index is 707. The number of rotatable bonds is 2. The van der Waals surface area contributed by atoms with Gasteiger partial charge in [0.2, 0.25) is 0 Å². The first-order valence-electron chi connectivity index (χ1n) is 6.59. The van der Waals surface area contributed by atoms with Crippen LogP contribution < -0.4 is 10.8 Å². The van der Waals surface area contributed by atoms with E-state index in [1.54, 1.807) is 12.1 Å². The van der Waals surface area contributed by atoms with Gasteiger partial charge in [0.15, 0.2) is 0 Å². The van der Waals surface area contributed by atoms with E-state index in [1.165, 1.54) is 0 Å². The van der Waals surface area contributed by atoms with Gasteiger partial charge in [0, 0.05) is 9.26 Å². The molecule has 2 aromatic rings. The first-order valence-corrected chi connectivity index (χ1v) is 7.67. The Balaban J connectivity index is 1.85. The fourth-order valence-corrected chi connectivity index (χ4v) is 3.05. The van der Waals surface area contributed by atoms with Crippen LogP contribution in [0.15, 0.2) is 42.5 Å². The molecule has 1 heterocycles. The normalized spacial score (nSPS) is 16.7. The molecule has 1 amide bonds. The van der Waals surface area contributed by atoms with E-state index in [9.17, 15) is 9.82 Å². The van der Waals surface area contributed by atoms with Gasteiger partial charge >= 0.3 is 7.12 Å². The fraction of sp³-hybridized carbons (Fsp3) is 0.133. The zero-order chi connectivity index (χ0) is 15.0. The largest absolute Gasteiger partial charge is 0.492 e. The van der Waals surface area contributed by atoms with Crippen molar-refractivity contribution in [2.24, 2.45) is 0 Å². The lowest BCUT2D eigenvalue weighted by Gasteiger charge is -2.09. The van der Waals surface area contributed by atoms with Gasteiger partial charge in [0.05, 0.1) is 11.7 Å². The van der Waals surface area contributed by atoms with Gasteiger partial charge in [-0.05, 0) is 64.8 Å². The molecule has 1 unspecified atom stereocenters. The van der Waals surface area contributed by atoms with Crippen LogP contribution in [0.3, 0.4) is 0 Å². The predicted molar refractivity (Wildman–Crippen MR) is 90.7 cm³/mol. The van der Waals surface area contributed by atoms with Gasteiger partial charge in [-0.3, -0.25) is 4.79 Å². The van der Waals surface area contributed by atoms with Crippen molar-refractivity contribution in [3.63, 3.8) is 0 Å². The molecule has 0 aliphatic carbocycles. The summed E-state index contributed by atoms with van der Waals surface area (Å²) in [5.41, 5.74) is 2.94. The predicted octanol–water partition coefficient (Wildman–Crippen LogP) is 2.32. The second-order valence-corrected chi connectivity index (χ2v) is 6.07. The molecule has 2 N–H and O–H groups in total. The highest BCUT2D eigenvalue weighted by Crippen LogP contribution is 2.24. The molecule has 1 aliphatic rings. The molecule has 6 heteroatoms. The Hall–Kier alpha value is -1.38. The summed E-state index contributed by atoms with van der Waals surface area (Å²) in [6.07, 6.45) is -0.130. The highest BCUT2D eigenvalue weighted by molar-refractivity contribution is 14.1. The van der Waals surface area contributed by atoms with Crippen molar-refractivity contribution in [2.45, 2.75) is 13.0 Å². The van der Waals surface area contributed by atoms with Crippen molar-refractivity contribution < 1.29 is 14.5 Å². The van der Waals surface area contributed by atoms with Crippen molar-refractivity contribution in [3.05, 3.63) is 57.2 Å². The van der Waals surface area contributed by atoms with E-state index < -0.39 is 7.12 Å². The Kier molecular flexibility index (Phi) is 4.01. The highest BCUT2D eigenvalue weighted by atomic mass is 127. The molecule has 0 aromatic heterocycles. The van der Waals surface area contributed by atoms with Crippen LogP contribution in [0.5, 0.6) is 0 Å². The molecular weight excluding hydrogens is 380 g/mol. The van der Waals surface area contributed by atoms with E-state index in [-0.39, 0.29) is 12.0 Å². The molecule has 4 nitrogen and oxygen atoms in total. The molecule has 1 atom stereocenters. The summed E-state index contributed by atoms with van der Waals surface area (Å²) < 4.78 is 6.23. The lowest BCUT2D eigenvalue weighted by atomic mass is 9.79. The summed E-state index contributed by atoms with van der Waals surface area (Å²) in [7, 11) is -0.927. The minimum Gasteiger partial charge on any atom is -0.423 e. The average Bonchev–Trinajstić information content (AvgIpc) is 2.74. The number of hydrogen-bond acceptors (Lipinski definition) is 3. The van der Waals surface area contributed by atoms with Crippen molar-refractivity contribution in [3.8, 4) is 0 Å². The second-order valence-electron chi connectivity index (χ2n) is 4.91. The molecule has 21 heavy (non-hydrogen) atoms. The zero-order valence-corrected chi connectivity index (χ0v) is 13.5. The number of carbonyl (C=O) groups is 1. The van der Waals surface area contributed by atoms with E-state index in [4.69, 9.17) is 4.65 Å². The second kappa shape index (κ2) is 5.78. The number of carbonyl (C=O) groups excluding carboxylic acids is 1. The topological polar surface area (TPSA) is 58.6 Å². The number of anilines is 1. The minimum absolute atomic E-state index is 0.130. The third kappa shape index (κ3) is 2.83. The molecule has 0 saturated carbocycles. The van der Waals surface area contributed by atoms with Crippen LogP contribution in [0, 0.1) is 3.57 Å². The van der Waals surface area contributed by atoms with Crippen LogP contribution in [0.25, 0.3) is 0 Å². The Morgan fingerprint density at radius 1 is 1.33 bits per heavy atom. The molecule has 0 saturated heterocycles. The third-order valence-corrected chi connectivity index (χ3v) is 4.44. The molecule has 1 aliphatic heterocycles. The first-order chi connectivity index (χ1) is 10.1. The number of hydrogen-bond donors (Lipinski definition) is 2. The lowest BCUT2D eigenvalue weighted by Crippen LogP contribution is -2.28. The van der Waals surface area contributed by atoms with Gasteiger partial charge in [0.25, 0.3) is 5.91 Å². The van der Waals surface area contributed by atoms with E-state index in [0.29, 0.717) is 16.7 Å². The van der Waals surface area contributed by atoms with Crippen LogP contribution in [0.1, 0.15) is 28.9 Å². The maximum Gasteiger partial charge on any atom is 0.492 e. The summed E-state index contributed by atoms with van der Waals surface area (Å²) in [5, 5.41) is 12.7. The molecule has 0 spiro atoms. The van der Waals surface area contributed by atoms with Gasteiger partial charge in [-0.25, -0.2) is 0 Å². The lowest BCUT2D eigenvalue weighted by molar-refractivity contribution is 0.102. The summed E-state index contributed by atoms with van der Waals surface area (Å²) in [6, 6.07) is 12.9. The summed E-state index contributed by atoms with van der Waals surface area (Å²) in [4.78, 5) is 12.3. The smallest absolute Gasteiger partial charge is 0.423 e. The van der Waals surface area contributed by atoms with E-state index in [1.807, 2.05) is 37.3 Å². The van der Waals surface area contributed by atoms with Gasteiger partial charge in [-0.1, -0.05) is 18.2 Å². The van der Waals surface area contributed by atoms with Gasteiger partial charge in [-0.15, -0.1) is 0 Å². The maximum atomic E-state index is 12.3. The van der Waals surface area contributed by atoms with Crippen molar-refractivity contribution in [1.82, 2.24) is 0 Å². The summed E-state index contributed by atoms with van der Waals surface area (Å²) >= 11 is 2.13. The van der Waals surface area contributed by atoms with Crippen molar-refractivity contribution >= 4 is 46.8 Å². The van der Waals surface area contributed by atoms with E-state index >= 15 is 0 Å². The van der Waals surface area contributed by atoms with Crippen molar-refractivity contribution in [1.29, 1.82) is 0 Å². The standard InChI is InChI=1S/C15H13BINO3/c1-9-11-7-6-10(8-13(11)16(20)21-9)18-15(19)12-4-2-3-5-14(12)17/h2-9,20H,1H3,(H,18,19). The molecule has 3 rings (SSSR count). The van der Waals surface area contributed by atoms with Crippen LogP contribution in [-0.2, 0) is 4.65 Å². The quantitative estimate of drug-likeness (QED) is 0.609. The molecule has 0 fully saturated rings. The SMILES string of the molecule is CC1OB(O)c2cc(NC(=O)c3ccccc3I)ccc21. The molecular formula is C15H13BINO3. The number of halogens is 1. The fourth-order valence-electron chi connectivity index (χ4n) is 2.42. The maximum absolute atomic E-state index is 12.3. The number of amides is 1. The Morgan fingerprint density at radius 3 is 2.86 bits per heavy atom. The number of fused-ring (bicyclic) bond motifs is 1. The highest BCUT2D eigenvalue weighted by Gasteiger charge is 2.32. The molecule has 106 valence electrons. The zero-order valence-electron chi connectivity index (χ0n) is 11.3. The average molecular weight is 393 g/mol. The third-order valence-electron chi connectivity index (χ3n) is 3.50. The van der Waals surface area contributed by atoms with Crippen LogP contribution in [0.2, 0.25) is 0 Å². The van der Waals surface area contributed by atoms with E-state index in [2.05, 4.69) is 27.9 Å². The van der Waals surface area contributed by atoms with Crippen LogP contribution in [0.4, 0.5) is 5.69 Å². The first kappa shape index (κ1) is 14.6. The van der Waals surface area contributed by atoms with Gasteiger partial charge < -0.3 is 15.0 Å². The van der Waals surface area contributed by atoms with Gasteiger partial charge in [-0.2, -0.15) is 0 Å². The van der Waals surface area contributed by atoms with Gasteiger partial charge in [0.1, 0.15) is 0 Å². The van der Waals surface area contributed by atoms with Crippen molar-refractivity contribution in [2.75, 3.05) is 5.32 Å². The number of nitrogens with one attached hydrogen (secondary N) is 1. The minimum atomic E-state index is -0.927. The summed E-state index contributed by atoms with van der Waals surface area (Å²) in [5.74, 6) is -0.165. The Labute approximate surface area is 136 Å². The molecule has 0 bridgehead atoms. The summed E-state index contributed by atoms with van der Waals surface area (Å²) in [6.45, 7) is 1.89. The monoisotopic (exact) mass is 393 g/mol. The number of benzene rings is 2.